The Labute approximate surface area is 144 Å². The summed E-state index contributed by atoms with van der Waals surface area (Å²) in [5, 5.41) is 12.1. The Kier molecular flexibility index (Phi) is 5.53. The van der Waals surface area contributed by atoms with Crippen molar-refractivity contribution in [2.45, 2.75) is 52.4 Å². The summed E-state index contributed by atoms with van der Waals surface area (Å²) in [5.41, 5.74) is 1.70. The van der Waals surface area contributed by atoms with Crippen molar-refractivity contribution in [3.63, 3.8) is 0 Å². The first-order valence-corrected chi connectivity index (χ1v) is 8.15. The zero-order valence-corrected chi connectivity index (χ0v) is 15.1. The van der Waals surface area contributed by atoms with E-state index in [0.717, 1.165) is 16.6 Å². The van der Waals surface area contributed by atoms with Crippen molar-refractivity contribution in [2.75, 3.05) is 6.54 Å². The average Bonchev–Trinajstić information content (AvgIpc) is 2.71. The van der Waals surface area contributed by atoms with Gasteiger partial charge in [0, 0.05) is 13.5 Å². The Morgan fingerprint density at radius 2 is 1.88 bits per heavy atom. The first kappa shape index (κ1) is 18.7. The van der Waals surface area contributed by atoms with Crippen LogP contribution in [0.25, 0.3) is 6.08 Å². The Hall–Kier alpha value is -1.63. The number of aliphatic hydroxyl groups excluding tert-OH is 1. The molecule has 2 N–H and O–H groups in total. The molecular weight excluding hydrogens is 305 g/mol. The lowest BCUT2D eigenvalue weighted by Gasteiger charge is -2.32. The fourth-order valence-electron chi connectivity index (χ4n) is 2.42. The number of aliphatic hydroxyl groups is 1. The molecule has 1 fully saturated rings. The zero-order valence-electron chi connectivity index (χ0n) is 15.1. The van der Waals surface area contributed by atoms with Gasteiger partial charge in [-0.05, 0) is 50.4 Å². The minimum atomic E-state index is -0.528. The molecule has 1 aliphatic rings. The molecule has 6 heteroatoms. The van der Waals surface area contributed by atoms with Gasteiger partial charge in [0.25, 0.3) is 0 Å². The largest absolute Gasteiger partial charge is 0.492 e. The van der Waals surface area contributed by atoms with Crippen molar-refractivity contribution in [1.29, 1.82) is 0 Å². The predicted octanol–water partition coefficient (Wildman–Crippen LogP) is 2.33. The van der Waals surface area contributed by atoms with Crippen molar-refractivity contribution in [3.8, 4) is 0 Å². The topological polar surface area (TPSA) is 67.8 Å². The van der Waals surface area contributed by atoms with Gasteiger partial charge in [-0.15, -0.1) is 0 Å². The van der Waals surface area contributed by atoms with Gasteiger partial charge in [0.1, 0.15) is 0 Å². The summed E-state index contributed by atoms with van der Waals surface area (Å²) in [5.74, 6) is -0.110. The zero-order chi connectivity index (χ0) is 18.0. The van der Waals surface area contributed by atoms with E-state index in [0.29, 0.717) is 6.54 Å². The van der Waals surface area contributed by atoms with Crippen LogP contribution in [0, 0.1) is 0 Å². The Bertz CT molecular complexity index is 624. The van der Waals surface area contributed by atoms with Gasteiger partial charge in [-0.25, -0.2) is 0 Å². The maximum absolute atomic E-state index is 11.3. The van der Waals surface area contributed by atoms with Crippen LogP contribution in [0.5, 0.6) is 0 Å². The SMILES string of the molecule is CC(=O)NCC(=Cc1cccc(CO)c1)B1OC(C)(C)C(C)(C)O1. The maximum atomic E-state index is 11.3. The molecule has 0 atom stereocenters. The van der Waals surface area contributed by atoms with Crippen molar-refractivity contribution in [1.82, 2.24) is 5.32 Å². The van der Waals surface area contributed by atoms with E-state index in [9.17, 15) is 9.90 Å². The first-order valence-electron chi connectivity index (χ1n) is 8.15. The lowest BCUT2D eigenvalue weighted by molar-refractivity contribution is -0.118. The molecule has 1 aliphatic heterocycles. The molecular formula is C18H26BNO4. The molecule has 5 nitrogen and oxygen atoms in total. The van der Waals surface area contributed by atoms with Gasteiger partial charge in [-0.3, -0.25) is 4.79 Å². The highest BCUT2D eigenvalue weighted by Crippen LogP contribution is 2.38. The average molecular weight is 331 g/mol. The minimum absolute atomic E-state index is 0.0147. The van der Waals surface area contributed by atoms with Crippen molar-refractivity contribution < 1.29 is 19.2 Å². The minimum Gasteiger partial charge on any atom is -0.400 e. The van der Waals surface area contributed by atoms with Crippen LogP contribution >= 0.6 is 0 Å². The second-order valence-corrected chi connectivity index (χ2v) is 7.12. The number of benzene rings is 1. The molecule has 0 saturated carbocycles. The molecule has 130 valence electrons. The fourth-order valence-corrected chi connectivity index (χ4v) is 2.42. The fraction of sp³-hybridized carbons (Fsp3) is 0.500. The highest BCUT2D eigenvalue weighted by Gasteiger charge is 2.52. The van der Waals surface area contributed by atoms with Crippen molar-refractivity contribution in [2.24, 2.45) is 0 Å². The predicted molar refractivity (Wildman–Crippen MR) is 95.1 cm³/mol. The van der Waals surface area contributed by atoms with Crippen LogP contribution in [0.15, 0.2) is 29.7 Å². The van der Waals surface area contributed by atoms with Gasteiger partial charge in [0.15, 0.2) is 0 Å². The molecule has 0 spiro atoms. The lowest BCUT2D eigenvalue weighted by Crippen LogP contribution is -2.41. The molecule has 1 amide bonds. The van der Waals surface area contributed by atoms with Gasteiger partial charge in [0.2, 0.25) is 5.91 Å². The third-order valence-electron chi connectivity index (χ3n) is 4.58. The van der Waals surface area contributed by atoms with E-state index >= 15 is 0 Å². The van der Waals surface area contributed by atoms with Gasteiger partial charge in [-0.2, -0.15) is 0 Å². The molecule has 0 aliphatic carbocycles. The van der Waals surface area contributed by atoms with Gasteiger partial charge < -0.3 is 19.7 Å². The molecule has 1 heterocycles. The number of amides is 1. The van der Waals surface area contributed by atoms with Crippen LogP contribution in [0.1, 0.15) is 45.7 Å². The number of carbonyl (C=O) groups is 1. The van der Waals surface area contributed by atoms with E-state index in [1.807, 2.05) is 58.0 Å². The standard InChI is InChI=1S/C18H26BNO4/c1-13(22)20-11-16(10-14-7-6-8-15(9-14)12-21)19-23-17(2,3)18(4,5)24-19/h6-10,21H,11-12H2,1-5H3,(H,20,22). The van der Waals surface area contributed by atoms with Crippen LogP contribution in [0.4, 0.5) is 0 Å². The summed E-state index contributed by atoms with van der Waals surface area (Å²) >= 11 is 0. The Morgan fingerprint density at radius 1 is 1.25 bits per heavy atom. The van der Waals surface area contributed by atoms with Gasteiger partial charge >= 0.3 is 7.12 Å². The summed E-state index contributed by atoms with van der Waals surface area (Å²) in [7, 11) is -0.528. The van der Waals surface area contributed by atoms with Crippen LogP contribution in [0.3, 0.4) is 0 Å². The molecule has 2 rings (SSSR count). The van der Waals surface area contributed by atoms with Crippen molar-refractivity contribution in [3.05, 3.63) is 40.9 Å². The van der Waals surface area contributed by atoms with Gasteiger partial charge in [0.05, 0.1) is 17.8 Å². The number of nitrogens with one attached hydrogen (secondary N) is 1. The number of carbonyl (C=O) groups excluding carboxylic acids is 1. The number of rotatable bonds is 5. The molecule has 0 bridgehead atoms. The lowest BCUT2D eigenvalue weighted by atomic mass is 9.77. The quantitative estimate of drug-likeness (QED) is 0.813. The van der Waals surface area contributed by atoms with E-state index in [1.54, 1.807) is 0 Å². The number of hydrogen-bond acceptors (Lipinski definition) is 4. The van der Waals surface area contributed by atoms with E-state index in [-0.39, 0.29) is 12.5 Å². The van der Waals surface area contributed by atoms with Crippen molar-refractivity contribution >= 4 is 19.1 Å². The summed E-state index contributed by atoms with van der Waals surface area (Å²) in [6, 6.07) is 7.59. The molecule has 24 heavy (non-hydrogen) atoms. The van der Waals surface area contributed by atoms with Crippen LogP contribution in [-0.2, 0) is 20.7 Å². The smallest absolute Gasteiger partial charge is 0.400 e. The second kappa shape index (κ2) is 7.09. The first-order chi connectivity index (χ1) is 11.1. The van der Waals surface area contributed by atoms with Crippen LogP contribution in [-0.4, -0.2) is 35.9 Å². The normalized spacial score (nSPS) is 19.4. The highest BCUT2D eigenvalue weighted by atomic mass is 16.7. The molecule has 1 aromatic rings. The second-order valence-electron chi connectivity index (χ2n) is 7.12. The molecule has 0 radical (unpaired) electrons. The van der Waals surface area contributed by atoms with Crippen LogP contribution < -0.4 is 5.32 Å². The van der Waals surface area contributed by atoms with E-state index in [4.69, 9.17) is 9.31 Å². The Balaban J connectivity index is 2.31. The van der Waals surface area contributed by atoms with Gasteiger partial charge in [-0.1, -0.05) is 24.3 Å². The Morgan fingerprint density at radius 3 is 2.42 bits per heavy atom. The summed E-state index contributed by atoms with van der Waals surface area (Å²) in [6.45, 7) is 9.79. The monoisotopic (exact) mass is 331 g/mol. The molecule has 1 saturated heterocycles. The third-order valence-corrected chi connectivity index (χ3v) is 4.58. The number of hydrogen-bond donors (Lipinski definition) is 2. The summed E-state index contributed by atoms with van der Waals surface area (Å²) in [4.78, 5) is 11.3. The third kappa shape index (κ3) is 4.26. The molecule has 1 aromatic carbocycles. The maximum Gasteiger partial charge on any atom is 0.492 e. The highest BCUT2D eigenvalue weighted by molar-refractivity contribution is 6.56. The molecule has 0 aromatic heterocycles. The summed E-state index contributed by atoms with van der Waals surface area (Å²) < 4.78 is 12.2. The van der Waals surface area contributed by atoms with Crippen LogP contribution in [0.2, 0.25) is 0 Å². The summed E-state index contributed by atoms with van der Waals surface area (Å²) in [6.07, 6.45) is 1.94. The molecule has 0 unspecified atom stereocenters. The van der Waals surface area contributed by atoms with E-state index < -0.39 is 18.3 Å². The van der Waals surface area contributed by atoms with E-state index in [2.05, 4.69) is 5.32 Å². The van der Waals surface area contributed by atoms with E-state index in [1.165, 1.54) is 6.92 Å².